The van der Waals surface area contributed by atoms with Crippen LogP contribution in [0.1, 0.15) is 30.6 Å². The summed E-state index contributed by atoms with van der Waals surface area (Å²) in [5.41, 5.74) is 0.141. The first-order valence-electron chi connectivity index (χ1n) is 7.78. The summed E-state index contributed by atoms with van der Waals surface area (Å²) in [6, 6.07) is 5.50. The molecule has 138 valence electrons. The van der Waals surface area contributed by atoms with E-state index in [0.717, 1.165) is 0 Å². The number of carbonyl (C=O) groups excluding carboxylic acids is 3. The minimum atomic E-state index is -1.36. The van der Waals surface area contributed by atoms with Gasteiger partial charge in [0.05, 0.1) is 28.4 Å². The largest absolute Gasteiger partial charge is 0.467 e. The van der Waals surface area contributed by atoms with E-state index >= 15 is 0 Å². The lowest BCUT2D eigenvalue weighted by Gasteiger charge is -2.21. The van der Waals surface area contributed by atoms with Crippen molar-refractivity contribution in [3.8, 4) is 0 Å². The van der Waals surface area contributed by atoms with Crippen molar-refractivity contribution in [2.75, 3.05) is 20.0 Å². The fourth-order valence-electron chi connectivity index (χ4n) is 2.11. The highest BCUT2D eigenvalue weighted by Gasteiger charge is 2.27. The molecule has 1 amide bonds. The number of carbonyl (C=O) groups is 3. The molecule has 0 spiro atoms. The van der Waals surface area contributed by atoms with Gasteiger partial charge in [0.1, 0.15) is 6.04 Å². The molecule has 0 aliphatic heterocycles. The van der Waals surface area contributed by atoms with E-state index in [1.807, 2.05) is 6.92 Å². The molecule has 1 aromatic carbocycles. The number of hydrogen-bond donors (Lipinski definition) is 1. The molecule has 0 saturated heterocycles. The maximum atomic E-state index is 12.1. The number of benzene rings is 1. The van der Waals surface area contributed by atoms with E-state index in [9.17, 15) is 18.6 Å². The van der Waals surface area contributed by atoms with Crippen molar-refractivity contribution in [2.45, 2.75) is 31.2 Å². The Hall–Kier alpha value is -2.22. The summed E-state index contributed by atoms with van der Waals surface area (Å²) in [6.07, 6.45) is 2.11. The fourth-order valence-corrected chi connectivity index (χ4v) is 2.84. The molecule has 0 aromatic heterocycles. The van der Waals surface area contributed by atoms with Crippen LogP contribution in [0.15, 0.2) is 29.2 Å². The van der Waals surface area contributed by atoms with Crippen LogP contribution in [0.4, 0.5) is 0 Å². The van der Waals surface area contributed by atoms with Crippen LogP contribution in [0.3, 0.4) is 0 Å². The molecule has 0 unspecified atom stereocenters. The number of nitrogens with one attached hydrogen (secondary N) is 1. The highest BCUT2D eigenvalue weighted by Crippen LogP contribution is 2.14. The number of amides is 1. The SMILES string of the molecule is CC[C@@H](C)[C@@H](NC(=O)COC(=O)c1ccccc1[S@@](C)=O)C(=O)OC. The molecule has 0 fully saturated rings. The summed E-state index contributed by atoms with van der Waals surface area (Å²) < 4.78 is 21.3. The first kappa shape index (κ1) is 20.8. The van der Waals surface area contributed by atoms with E-state index in [1.54, 1.807) is 25.1 Å². The van der Waals surface area contributed by atoms with Crippen LogP contribution in [0.2, 0.25) is 0 Å². The van der Waals surface area contributed by atoms with Crippen LogP contribution in [0.25, 0.3) is 0 Å². The van der Waals surface area contributed by atoms with Crippen molar-refractivity contribution >= 4 is 28.6 Å². The van der Waals surface area contributed by atoms with Crippen LogP contribution in [0.5, 0.6) is 0 Å². The number of methoxy groups -OCH3 is 1. The summed E-state index contributed by atoms with van der Waals surface area (Å²) in [4.78, 5) is 36.2. The van der Waals surface area contributed by atoms with E-state index in [1.165, 1.54) is 19.4 Å². The van der Waals surface area contributed by atoms with Crippen molar-refractivity contribution in [1.29, 1.82) is 0 Å². The maximum absolute atomic E-state index is 12.1. The minimum absolute atomic E-state index is 0.129. The van der Waals surface area contributed by atoms with E-state index in [-0.39, 0.29) is 11.5 Å². The van der Waals surface area contributed by atoms with Gasteiger partial charge in [-0.1, -0.05) is 32.4 Å². The lowest BCUT2D eigenvalue weighted by molar-refractivity contribution is -0.147. The third-order valence-electron chi connectivity index (χ3n) is 3.74. The van der Waals surface area contributed by atoms with Crippen molar-refractivity contribution in [1.82, 2.24) is 5.32 Å². The lowest BCUT2D eigenvalue weighted by atomic mass is 9.99. The standard InChI is InChI=1S/C17H23NO6S/c1-5-11(2)15(17(21)23-3)18-14(19)10-24-16(20)12-8-6-7-9-13(12)25(4)22/h6-9,11,15H,5,10H2,1-4H3,(H,18,19)/t11-,15-,25-/m1/s1. The van der Waals surface area contributed by atoms with E-state index in [2.05, 4.69) is 10.1 Å². The molecule has 0 heterocycles. The predicted molar refractivity (Wildman–Crippen MR) is 92.5 cm³/mol. The molecule has 0 saturated carbocycles. The number of rotatable bonds is 8. The zero-order valence-corrected chi connectivity index (χ0v) is 15.6. The van der Waals surface area contributed by atoms with Gasteiger partial charge in [0.2, 0.25) is 0 Å². The molecule has 0 bridgehead atoms. The number of hydrogen-bond acceptors (Lipinski definition) is 6. The van der Waals surface area contributed by atoms with Crippen LogP contribution in [-0.4, -0.2) is 48.1 Å². The second-order valence-electron chi connectivity index (χ2n) is 5.48. The fraction of sp³-hybridized carbons (Fsp3) is 0.471. The Morgan fingerprint density at radius 2 is 1.88 bits per heavy atom. The third-order valence-corrected chi connectivity index (χ3v) is 4.71. The second-order valence-corrected chi connectivity index (χ2v) is 6.83. The Bertz CT molecular complexity index is 660. The highest BCUT2D eigenvalue weighted by atomic mass is 32.2. The van der Waals surface area contributed by atoms with E-state index in [0.29, 0.717) is 11.3 Å². The van der Waals surface area contributed by atoms with Gasteiger partial charge in [0.15, 0.2) is 6.61 Å². The summed E-state index contributed by atoms with van der Waals surface area (Å²) >= 11 is 0. The van der Waals surface area contributed by atoms with Crippen LogP contribution < -0.4 is 5.32 Å². The van der Waals surface area contributed by atoms with Crippen molar-refractivity contribution < 1.29 is 28.1 Å². The van der Waals surface area contributed by atoms with Gasteiger partial charge >= 0.3 is 11.9 Å². The molecule has 0 aliphatic rings. The first-order chi connectivity index (χ1) is 11.8. The van der Waals surface area contributed by atoms with Crippen molar-refractivity contribution in [3.05, 3.63) is 29.8 Å². The zero-order chi connectivity index (χ0) is 19.0. The smallest absolute Gasteiger partial charge is 0.339 e. The first-order valence-corrected chi connectivity index (χ1v) is 9.34. The molecular weight excluding hydrogens is 346 g/mol. The average molecular weight is 369 g/mol. The molecule has 0 aliphatic carbocycles. The molecular formula is C17H23NO6S. The molecule has 3 atom stereocenters. The normalized spacial score (nSPS) is 14.1. The van der Waals surface area contributed by atoms with Gasteiger partial charge < -0.3 is 14.8 Å². The third kappa shape index (κ3) is 5.97. The van der Waals surface area contributed by atoms with Gasteiger partial charge in [-0.2, -0.15) is 0 Å². The van der Waals surface area contributed by atoms with Gasteiger partial charge in [-0.25, -0.2) is 9.59 Å². The summed E-state index contributed by atoms with van der Waals surface area (Å²) in [6.45, 7) is 3.14. The molecule has 1 rings (SSSR count). The van der Waals surface area contributed by atoms with E-state index in [4.69, 9.17) is 4.74 Å². The Kier molecular flexibility index (Phi) is 8.27. The Balaban J connectivity index is 2.71. The van der Waals surface area contributed by atoms with Crippen molar-refractivity contribution in [3.63, 3.8) is 0 Å². The van der Waals surface area contributed by atoms with Gasteiger partial charge in [-0.05, 0) is 18.1 Å². The van der Waals surface area contributed by atoms with Gasteiger partial charge in [-0.15, -0.1) is 0 Å². The van der Waals surface area contributed by atoms with Crippen LogP contribution in [-0.2, 0) is 29.9 Å². The van der Waals surface area contributed by atoms with Crippen molar-refractivity contribution in [2.24, 2.45) is 5.92 Å². The monoisotopic (exact) mass is 369 g/mol. The van der Waals surface area contributed by atoms with Crippen LogP contribution >= 0.6 is 0 Å². The Labute approximate surface area is 149 Å². The van der Waals surface area contributed by atoms with Gasteiger partial charge in [0, 0.05) is 6.26 Å². The number of ether oxygens (including phenoxy) is 2. The summed E-state index contributed by atoms with van der Waals surface area (Å²) in [5, 5.41) is 2.51. The molecule has 8 heteroatoms. The molecule has 7 nitrogen and oxygen atoms in total. The second kappa shape index (κ2) is 9.93. The quantitative estimate of drug-likeness (QED) is 0.693. The summed E-state index contributed by atoms with van der Waals surface area (Å²) in [7, 11) is -0.120. The topological polar surface area (TPSA) is 98.8 Å². The molecule has 1 N–H and O–H groups in total. The molecule has 1 aromatic rings. The maximum Gasteiger partial charge on any atom is 0.339 e. The predicted octanol–water partition coefficient (Wildman–Crippen LogP) is 1.28. The average Bonchev–Trinajstić information content (AvgIpc) is 2.62. The Morgan fingerprint density at radius 1 is 1.24 bits per heavy atom. The molecule has 0 radical (unpaired) electrons. The molecule has 25 heavy (non-hydrogen) atoms. The number of esters is 2. The zero-order valence-electron chi connectivity index (χ0n) is 14.7. The van der Waals surface area contributed by atoms with Gasteiger partial charge in [0.25, 0.3) is 5.91 Å². The Morgan fingerprint density at radius 3 is 2.44 bits per heavy atom. The summed E-state index contributed by atoms with van der Waals surface area (Å²) in [5.74, 6) is -2.05. The van der Waals surface area contributed by atoms with Gasteiger partial charge in [-0.3, -0.25) is 9.00 Å². The lowest BCUT2D eigenvalue weighted by Crippen LogP contribution is -2.47. The highest BCUT2D eigenvalue weighted by molar-refractivity contribution is 7.84. The van der Waals surface area contributed by atoms with E-state index < -0.39 is 41.3 Å². The van der Waals surface area contributed by atoms with Crippen LogP contribution in [0, 0.1) is 5.92 Å². The minimum Gasteiger partial charge on any atom is -0.467 e.